The van der Waals surface area contributed by atoms with E-state index in [1.807, 2.05) is 6.92 Å². The molecule has 1 aromatic rings. The number of nitrogens with zero attached hydrogens (tertiary/aromatic N) is 1. The van der Waals surface area contributed by atoms with Gasteiger partial charge >= 0.3 is 0 Å². The van der Waals surface area contributed by atoms with Gasteiger partial charge in [-0.3, -0.25) is 0 Å². The minimum absolute atomic E-state index is 0.351. The minimum atomic E-state index is 0.351. The number of rotatable bonds is 4. The van der Waals surface area contributed by atoms with Crippen LogP contribution in [0.2, 0.25) is 0 Å². The van der Waals surface area contributed by atoms with Crippen LogP contribution in [0.4, 0.5) is 0 Å². The van der Waals surface area contributed by atoms with E-state index in [1.54, 1.807) is 11.3 Å². The average Bonchev–Trinajstić information content (AvgIpc) is 2.51. The van der Waals surface area contributed by atoms with Gasteiger partial charge in [0.25, 0.3) is 0 Å². The van der Waals surface area contributed by atoms with Crippen molar-refractivity contribution in [2.24, 2.45) is 0 Å². The monoisotopic (exact) mass is 210 g/mol. The average molecular weight is 210 g/mol. The molecule has 0 bridgehead atoms. The summed E-state index contributed by atoms with van der Waals surface area (Å²) in [7, 11) is 0. The third-order valence-corrected chi connectivity index (χ3v) is 3.09. The topological polar surface area (TPSA) is 24.9 Å². The van der Waals surface area contributed by atoms with Crippen LogP contribution in [0.3, 0.4) is 0 Å². The number of thiazole rings is 1. The van der Waals surface area contributed by atoms with E-state index in [2.05, 4.69) is 42.5 Å². The van der Waals surface area contributed by atoms with Crippen LogP contribution in [0.5, 0.6) is 0 Å². The molecule has 78 valence electrons. The highest BCUT2D eigenvalue weighted by molar-refractivity contribution is 7.09. The van der Waals surface area contributed by atoms with Gasteiger partial charge in [-0.2, -0.15) is 0 Å². The molecule has 1 rings (SSSR count). The Labute approximate surface area is 90.1 Å². The lowest BCUT2D eigenvalue weighted by Crippen LogP contribution is -2.18. The molecule has 0 fully saturated rings. The van der Waals surface area contributed by atoms with Crippen molar-refractivity contribution in [1.82, 2.24) is 10.3 Å². The predicted molar refractivity (Wildman–Crippen MR) is 62.7 cm³/mol. The predicted octanol–water partition coefficient (Wildman–Crippen LogP) is 3.07. The zero-order chi connectivity index (χ0) is 10.6. The molecule has 0 aliphatic carbocycles. The first kappa shape index (κ1) is 11.4. The lowest BCUT2D eigenvalue weighted by Gasteiger charge is -2.08. The van der Waals surface area contributed by atoms with Crippen molar-refractivity contribution in [2.45, 2.75) is 33.7 Å². The maximum Gasteiger partial charge on any atom is 0.110 e. The molecule has 0 aromatic carbocycles. The standard InChI is InChI=1S/C11H18N2S/c1-8(2)5-6-12-10(4)11-13-9(3)7-14-11/h5,7,10,12H,6H2,1-4H3. The number of hydrogen-bond donors (Lipinski definition) is 1. The van der Waals surface area contributed by atoms with Crippen LogP contribution in [-0.2, 0) is 0 Å². The first-order chi connectivity index (χ1) is 6.59. The number of aromatic nitrogens is 1. The van der Waals surface area contributed by atoms with Crippen LogP contribution < -0.4 is 5.32 Å². The summed E-state index contributed by atoms with van der Waals surface area (Å²) in [4.78, 5) is 4.44. The molecule has 0 saturated heterocycles. The smallest absolute Gasteiger partial charge is 0.110 e. The zero-order valence-corrected chi connectivity index (χ0v) is 10.1. The van der Waals surface area contributed by atoms with Gasteiger partial charge in [0.1, 0.15) is 5.01 Å². The van der Waals surface area contributed by atoms with Crippen LogP contribution in [0.1, 0.15) is 37.5 Å². The van der Waals surface area contributed by atoms with E-state index in [4.69, 9.17) is 0 Å². The second kappa shape index (κ2) is 5.27. The largest absolute Gasteiger partial charge is 0.305 e. The Hall–Kier alpha value is -0.670. The van der Waals surface area contributed by atoms with E-state index >= 15 is 0 Å². The molecule has 1 unspecified atom stereocenters. The van der Waals surface area contributed by atoms with E-state index in [0.717, 1.165) is 12.2 Å². The Morgan fingerprint density at radius 1 is 1.64 bits per heavy atom. The molecule has 0 saturated carbocycles. The quantitative estimate of drug-likeness (QED) is 0.773. The van der Waals surface area contributed by atoms with E-state index in [0.29, 0.717) is 6.04 Å². The molecule has 14 heavy (non-hydrogen) atoms. The summed E-state index contributed by atoms with van der Waals surface area (Å²) in [6.07, 6.45) is 2.19. The van der Waals surface area contributed by atoms with E-state index < -0.39 is 0 Å². The number of aryl methyl sites for hydroxylation is 1. The maximum atomic E-state index is 4.44. The molecule has 1 aromatic heterocycles. The molecule has 0 aliphatic heterocycles. The summed E-state index contributed by atoms with van der Waals surface area (Å²) >= 11 is 1.72. The molecule has 1 atom stereocenters. The Morgan fingerprint density at radius 2 is 2.36 bits per heavy atom. The highest BCUT2D eigenvalue weighted by Gasteiger charge is 2.06. The normalized spacial score (nSPS) is 12.6. The van der Waals surface area contributed by atoms with Crippen molar-refractivity contribution in [3.63, 3.8) is 0 Å². The van der Waals surface area contributed by atoms with Gasteiger partial charge in [-0.05, 0) is 27.7 Å². The van der Waals surface area contributed by atoms with Crippen molar-refractivity contribution in [1.29, 1.82) is 0 Å². The first-order valence-electron chi connectivity index (χ1n) is 4.88. The van der Waals surface area contributed by atoms with Gasteiger partial charge in [0.15, 0.2) is 0 Å². The van der Waals surface area contributed by atoms with Gasteiger partial charge in [-0.15, -0.1) is 11.3 Å². The molecule has 0 aliphatic rings. The number of hydrogen-bond acceptors (Lipinski definition) is 3. The molecule has 3 heteroatoms. The molecule has 0 amide bonds. The molecule has 1 heterocycles. The summed E-state index contributed by atoms with van der Waals surface area (Å²) in [5.74, 6) is 0. The highest BCUT2D eigenvalue weighted by atomic mass is 32.1. The summed E-state index contributed by atoms with van der Waals surface area (Å²) in [5.41, 5.74) is 2.46. The van der Waals surface area contributed by atoms with Gasteiger partial charge in [-0.25, -0.2) is 4.98 Å². The third-order valence-electron chi connectivity index (χ3n) is 1.94. The SMILES string of the molecule is CC(C)=CCNC(C)c1nc(C)cs1. The fourth-order valence-corrected chi connectivity index (χ4v) is 1.93. The Kier molecular flexibility index (Phi) is 4.29. The van der Waals surface area contributed by atoms with Gasteiger partial charge < -0.3 is 5.32 Å². The third kappa shape index (κ3) is 3.60. The van der Waals surface area contributed by atoms with Crippen LogP contribution >= 0.6 is 11.3 Å². The fraction of sp³-hybridized carbons (Fsp3) is 0.545. The van der Waals surface area contributed by atoms with Crippen LogP contribution in [0, 0.1) is 6.92 Å². The highest BCUT2D eigenvalue weighted by Crippen LogP contribution is 2.16. The summed E-state index contributed by atoms with van der Waals surface area (Å²) < 4.78 is 0. The van der Waals surface area contributed by atoms with Crippen molar-refractivity contribution in [2.75, 3.05) is 6.54 Å². The van der Waals surface area contributed by atoms with E-state index in [-0.39, 0.29) is 0 Å². The summed E-state index contributed by atoms with van der Waals surface area (Å²) in [6.45, 7) is 9.32. The van der Waals surface area contributed by atoms with Gasteiger partial charge in [0, 0.05) is 17.6 Å². The van der Waals surface area contributed by atoms with Crippen LogP contribution in [0.15, 0.2) is 17.0 Å². The molecule has 2 nitrogen and oxygen atoms in total. The molecular formula is C11H18N2S. The van der Waals surface area contributed by atoms with Gasteiger partial charge in [0.2, 0.25) is 0 Å². The fourth-order valence-electron chi connectivity index (χ4n) is 1.10. The lowest BCUT2D eigenvalue weighted by atomic mass is 10.3. The Morgan fingerprint density at radius 3 is 2.86 bits per heavy atom. The van der Waals surface area contributed by atoms with Crippen molar-refractivity contribution in [3.05, 3.63) is 27.7 Å². The van der Waals surface area contributed by atoms with Crippen LogP contribution in [-0.4, -0.2) is 11.5 Å². The molecule has 0 spiro atoms. The second-order valence-electron chi connectivity index (χ2n) is 3.74. The summed E-state index contributed by atoms with van der Waals surface area (Å²) in [6, 6.07) is 0.351. The van der Waals surface area contributed by atoms with Crippen molar-refractivity contribution < 1.29 is 0 Å². The maximum absolute atomic E-state index is 4.44. The van der Waals surface area contributed by atoms with Crippen molar-refractivity contribution >= 4 is 11.3 Å². The molecule has 0 radical (unpaired) electrons. The minimum Gasteiger partial charge on any atom is -0.305 e. The molecular weight excluding hydrogens is 192 g/mol. The van der Waals surface area contributed by atoms with E-state index in [9.17, 15) is 0 Å². The van der Waals surface area contributed by atoms with Gasteiger partial charge in [0.05, 0.1) is 6.04 Å². The first-order valence-corrected chi connectivity index (χ1v) is 5.76. The Bertz CT molecular complexity index is 311. The number of allylic oxidation sites excluding steroid dienone is 1. The van der Waals surface area contributed by atoms with E-state index in [1.165, 1.54) is 10.6 Å². The second-order valence-corrected chi connectivity index (χ2v) is 4.63. The lowest BCUT2D eigenvalue weighted by molar-refractivity contribution is 0.611. The molecule has 1 N–H and O–H groups in total. The number of nitrogens with one attached hydrogen (secondary N) is 1. The zero-order valence-electron chi connectivity index (χ0n) is 9.29. The summed E-state index contributed by atoms with van der Waals surface area (Å²) in [5, 5.41) is 6.68. The Balaban J connectivity index is 2.43. The van der Waals surface area contributed by atoms with Crippen LogP contribution in [0.25, 0.3) is 0 Å². The van der Waals surface area contributed by atoms with Crippen molar-refractivity contribution in [3.8, 4) is 0 Å². The van der Waals surface area contributed by atoms with Gasteiger partial charge in [-0.1, -0.05) is 11.6 Å².